The lowest BCUT2D eigenvalue weighted by atomic mass is 9.95. The molecular formula is C16H31NO2. The van der Waals surface area contributed by atoms with E-state index in [1.165, 1.54) is 51.4 Å². The molecule has 1 aliphatic carbocycles. The zero-order chi connectivity index (χ0) is 13.6. The number of nitrogens with one attached hydrogen (secondary N) is 1. The van der Waals surface area contributed by atoms with Crippen LogP contribution in [0.2, 0.25) is 0 Å². The Morgan fingerprint density at radius 1 is 1.32 bits per heavy atom. The Morgan fingerprint density at radius 2 is 2.11 bits per heavy atom. The fourth-order valence-corrected chi connectivity index (χ4v) is 3.70. The summed E-state index contributed by atoms with van der Waals surface area (Å²) in [6, 6.07) is 0. The summed E-state index contributed by atoms with van der Waals surface area (Å²) < 4.78 is 11.5. The van der Waals surface area contributed by atoms with E-state index in [4.69, 9.17) is 9.47 Å². The van der Waals surface area contributed by atoms with Crippen molar-refractivity contribution in [2.75, 3.05) is 26.8 Å². The molecular weight excluding hydrogens is 238 g/mol. The van der Waals surface area contributed by atoms with Crippen LogP contribution in [0.1, 0.15) is 58.3 Å². The second-order valence-corrected chi connectivity index (χ2v) is 6.38. The summed E-state index contributed by atoms with van der Waals surface area (Å²) in [4.78, 5) is 0. The average molecular weight is 269 g/mol. The second-order valence-electron chi connectivity index (χ2n) is 6.38. The third-order valence-corrected chi connectivity index (χ3v) is 4.94. The van der Waals surface area contributed by atoms with E-state index in [0.29, 0.717) is 11.7 Å². The molecule has 2 aliphatic rings. The first kappa shape index (κ1) is 15.3. The minimum absolute atomic E-state index is 0.298. The topological polar surface area (TPSA) is 30.5 Å². The smallest absolute Gasteiger partial charge is 0.0687 e. The van der Waals surface area contributed by atoms with Crippen molar-refractivity contribution in [2.45, 2.75) is 70.0 Å². The molecule has 2 fully saturated rings. The van der Waals surface area contributed by atoms with Crippen molar-refractivity contribution in [3.8, 4) is 0 Å². The van der Waals surface area contributed by atoms with Gasteiger partial charge in [-0.25, -0.2) is 0 Å². The van der Waals surface area contributed by atoms with Gasteiger partial charge in [-0.15, -0.1) is 0 Å². The van der Waals surface area contributed by atoms with Gasteiger partial charge in [0.25, 0.3) is 0 Å². The number of hydrogen-bond donors (Lipinski definition) is 1. The van der Waals surface area contributed by atoms with E-state index in [2.05, 4.69) is 12.2 Å². The number of methoxy groups -OCH3 is 1. The molecule has 1 heterocycles. The van der Waals surface area contributed by atoms with Gasteiger partial charge in [0.1, 0.15) is 0 Å². The Balaban J connectivity index is 1.67. The Labute approximate surface area is 118 Å². The monoisotopic (exact) mass is 269 g/mol. The molecule has 0 aromatic rings. The van der Waals surface area contributed by atoms with E-state index in [1.807, 2.05) is 0 Å². The quantitative estimate of drug-likeness (QED) is 0.687. The highest BCUT2D eigenvalue weighted by Crippen LogP contribution is 2.44. The molecule has 19 heavy (non-hydrogen) atoms. The highest BCUT2D eigenvalue weighted by atomic mass is 16.5. The van der Waals surface area contributed by atoms with Crippen LogP contribution in [0.4, 0.5) is 0 Å². The van der Waals surface area contributed by atoms with Gasteiger partial charge >= 0.3 is 0 Å². The van der Waals surface area contributed by atoms with Crippen LogP contribution in [0.15, 0.2) is 0 Å². The minimum atomic E-state index is 0.298. The molecule has 1 aliphatic heterocycles. The second kappa shape index (κ2) is 7.61. The van der Waals surface area contributed by atoms with Crippen molar-refractivity contribution in [1.29, 1.82) is 0 Å². The molecule has 3 heteroatoms. The Morgan fingerprint density at radius 3 is 2.79 bits per heavy atom. The Bertz CT molecular complexity index is 251. The normalized spacial score (nSPS) is 27.2. The van der Waals surface area contributed by atoms with Gasteiger partial charge in [0, 0.05) is 13.7 Å². The van der Waals surface area contributed by atoms with Crippen LogP contribution >= 0.6 is 0 Å². The SMILES string of the molecule is CCC(CNCCOC)CC1CCC2(CCCC2)O1. The van der Waals surface area contributed by atoms with Crippen LogP contribution in [-0.2, 0) is 9.47 Å². The summed E-state index contributed by atoms with van der Waals surface area (Å²) in [7, 11) is 1.76. The van der Waals surface area contributed by atoms with Gasteiger partial charge in [0.15, 0.2) is 0 Å². The Hall–Kier alpha value is -0.120. The van der Waals surface area contributed by atoms with Crippen LogP contribution in [-0.4, -0.2) is 38.5 Å². The van der Waals surface area contributed by atoms with Gasteiger partial charge in [-0.3, -0.25) is 0 Å². The van der Waals surface area contributed by atoms with E-state index in [-0.39, 0.29) is 0 Å². The summed E-state index contributed by atoms with van der Waals surface area (Å²) in [6.07, 6.45) is 11.0. The summed E-state index contributed by atoms with van der Waals surface area (Å²) in [5, 5.41) is 3.49. The first-order valence-electron chi connectivity index (χ1n) is 8.15. The molecule has 1 N–H and O–H groups in total. The molecule has 0 aromatic heterocycles. The van der Waals surface area contributed by atoms with Crippen molar-refractivity contribution in [1.82, 2.24) is 5.32 Å². The van der Waals surface area contributed by atoms with E-state index < -0.39 is 0 Å². The van der Waals surface area contributed by atoms with Gasteiger partial charge in [0.05, 0.1) is 18.3 Å². The predicted octanol–water partition coefficient (Wildman–Crippen LogP) is 3.13. The first-order valence-corrected chi connectivity index (χ1v) is 8.15. The summed E-state index contributed by atoms with van der Waals surface area (Å²) in [6.45, 7) is 5.16. The lowest BCUT2D eigenvalue weighted by Gasteiger charge is -2.25. The van der Waals surface area contributed by atoms with Crippen molar-refractivity contribution >= 4 is 0 Å². The van der Waals surface area contributed by atoms with Crippen molar-refractivity contribution in [3.05, 3.63) is 0 Å². The van der Waals surface area contributed by atoms with Crippen LogP contribution in [0, 0.1) is 5.92 Å². The van der Waals surface area contributed by atoms with Crippen molar-refractivity contribution in [3.63, 3.8) is 0 Å². The molecule has 2 unspecified atom stereocenters. The van der Waals surface area contributed by atoms with Gasteiger partial charge < -0.3 is 14.8 Å². The maximum absolute atomic E-state index is 6.42. The standard InChI is InChI=1S/C16H31NO2/c1-3-14(13-17-10-11-18-2)12-15-6-9-16(19-15)7-4-5-8-16/h14-15,17H,3-13H2,1-2H3. The molecule has 1 saturated heterocycles. The fourth-order valence-electron chi connectivity index (χ4n) is 3.70. The molecule has 1 saturated carbocycles. The highest BCUT2D eigenvalue weighted by Gasteiger charge is 2.42. The van der Waals surface area contributed by atoms with E-state index in [9.17, 15) is 0 Å². The molecule has 2 rings (SSSR count). The molecule has 0 bridgehead atoms. The molecule has 112 valence electrons. The average Bonchev–Trinajstić information content (AvgIpc) is 3.04. The van der Waals surface area contributed by atoms with E-state index in [0.717, 1.165) is 25.6 Å². The Kier molecular flexibility index (Phi) is 6.11. The largest absolute Gasteiger partial charge is 0.383 e. The molecule has 0 amide bonds. The highest BCUT2D eigenvalue weighted by molar-refractivity contribution is 4.93. The van der Waals surface area contributed by atoms with Gasteiger partial charge in [-0.2, -0.15) is 0 Å². The molecule has 0 aromatic carbocycles. The number of rotatable bonds is 8. The summed E-state index contributed by atoms with van der Waals surface area (Å²) >= 11 is 0. The van der Waals surface area contributed by atoms with Gasteiger partial charge in [-0.05, 0) is 44.6 Å². The minimum Gasteiger partial charge on any atom is -0.383 e. The third-order valence-electron chi connectivity index (χ3n) is 4.94. The zero-order valence-electron chi connectivity index (χ0n) is 12.7. The van der Waals surface area contributed by atoms with Gasteiger partial charge in [-0.1, -0.05) is 26.2 Å². The van der Waals surface area contributed by atoms with Crippen LogP contribution < -0.4 is 5.32 Å². The van der Waals surface area contributed by atoms with Crippen LogP contribution in [0.5, 0.6) is 0 Å². The number of hydrogen-bond acceptors (Lipinski definition) is 3. The molecule has 3 nitrogen and oxygen atoms in total. The fraction of sp³-hybridized carbons (Fsp3) is 1.00. The van der Waals surface area contributed by atoms with Crippen molar-refractivity contribution < 1.29 is 9.47 Å². The summed E-state index contributed by atoms with van der Waals surface area (Å²) in [5.41, 5.74) is 0.298. The summed E-state index contributed by atoms with van der Waals surface area (Å²) in [5.74, 6) is 0.749. The zero-order valence-corrected chi connectivity index (χ0v) is 12.7. The first-order chi connectivity index (χ1) is 9.28. The van der Waals surface area contributed by atoms with Gasteiger partial charge in [0.2, 0.25) is 0 Å². The lowest BCUT2D eigenvalue weighted by Crippen LogP contribution is -2.30. The maximum Gasteiger partial charge on any atom is 0.0687 e. The van der Waals surface area contributed by atoms with E-state index >= 15 is 0 Å². The molecule has 2 atom stereocenters. The van der Waals surface area contributed by atoms with Crippen LogP contribution in [0.25, 0.3) is 0 Å². The molecule has 0 radical (unpaired) electrons. The maximum atomic E-state index is 6.42. The molecule has 1 spiro atoms. The van der Waals surface area contributed by atoms with Crippen LogP contribution in [0.3, 0.4) is 0 Å². The van der Waals surface area contributed by atoms with E-state index in [1.54, 1.807) is 7.11 Å². The third kappa shape index (κ3) is 4.44. The predicted molar refractivity (Wildman–Crippen MR) is 78.4 cm³/mol. The lowest BCUT2D eigenvalue weighted by molar-refractivity contribution is -0.0443. The number of ether oxygens (including phenoxy) is 2. The van der Waals surface area contributed by atoms with Crippen molar-refractivity contribution in [2.24, 2.45) is 5.92 Å².